The standard InChI is InChI=1S/C18H21NO2S/c1-14(22-17-9-4-3-5-10-17)18(20)19-12-15-7-6-8-16(11-15)13-21-2/h3-11,14H,12-13H2,1-2H3,(H,19,20). The lowest BCUT2D eigenvalue weighted by atomic mass is 10.1. The van der Waals surface area contributed by atoms with Crippen LogP contribution in [-0.2, 0) is 22.7 Å². The molecule has 0 saturated carbocycles. The largest absolute Gasteiger partial charge is 0.380 e. The van der Waals surface area contributed by atoms with Crippen LogP contribution in [0.4, 0.5) is 0 Å². The van der Waals surface area contributed by atoms with Crippen molar-refractivity contribution in [3.8, 4) is 0 Å². The summed E-state index contributed by atoms with van der Waals surface area (Å²) in [7, 11) is 1.68. The molecule has 0 bridgehead atoms. The van der Waals surface area contributed by atoms with Crippen LogP contribution in [0.5, 0.6) is 0 Å². The van der Waals surface area contributed by atoms with Gasteiger partial charge >= 0.3 is 0 Å². The fourth-order valence-corrected chi connectivity index (χ4v) is 3.00. The van der Waals surface area contributed by atoms with E-state index in [0.717, 1.165) is 16.0 Å². The van der Waals surface area contributed by atoms with Crippen molar-refractivity contribution in [2.75, 3.05) is 7.11 Å². The van der Waals surface area contributed by atoms with Gasteiger partial charge in [0.2, 0.25) is 5.91 Å². The number of carbonyl (C=O) groups excluding carboxylic acids is 1. The van der Waals surface area contributed by atoms with E-state index >= 15 is 0 Å². The van der Waals surface area contributed by atoms with Crippen molar-refractivity contribution < 1.29 is 9.53 Å². The SMILES string of the molecule is COCc1cccc(CNC(=O)C(C)Sc2ccccc2)c1. The predicted octanol–water partition coefficient (Wildman–Crippen LogP) is 3.63. The molecule has 4 heteroatoms. The van der Waals surface area contributed by atoms with Crippen molar-refractivity contribution in [2.24, 2.45) is 0 Å². The summed E-state index contributed by atoms with van der Waals surface area (Å²) in [4.78, 5) is 13.3. The average Bonchev–Trinajstić information content (AvgIpc) is 2.54. The number of ether oxygens (including phenoxy) is 1. The summed E-state index contributed by atoms with van der Waals surface area (Å²) in [6.45, 7) is 3.05. The summed E-state index contributed by atoms with van der Waals surface area (Å²) in [5.41, 5.74) is 2.20. The zero-order valence-electron chi connectivity index (χ0n) is 12.9. The minimum atomic E-state index is -0.121. The van der Waals surface area contributed by atoms with Crippen molar-refractivity contribution >= 4 is 17.7 Å². The lowest BCUT2D eigenvalue weighted by Gasteiger charge is -2.12. The van der Waals surface area contributed by atoms with Gasteiger partial charge in [-0.1, -0.05) is 42.5 Å². The van der Waals surface area contributed by atoms with Gasteiger partial charge in [-0.3, -0.25) is 4.79 Å². The smallest absolute Gasteiger partial charge is 0.233 e. The summed E-state index contributed by atoms with van der Waals surface area (Å²) in [5.74, 6) is 0.0472. The quantitative estimate of drug-likeness (QED) is 0.793. The van der Waals surface area contributed by atoms with Crippen molar-refractivity contribution in [1.29, 1.82) is 0 Å². The van der Waals surface area contributed by atoms with Crippen molar-refractivity contribution in [3.05, 3.63) is 65.7 Å². The summed E-state index contributed by atoms with van der Waals surface area (Å²) in [6.07, 6.45) is 0. The maximum absolute atomic E-state index is 12.2. The van der Waals surface area contributed by atoms with Gasteiger partial charge < -0.3 is 10.1 Å². The second kappa shape index (κ2) is 8.61. The first-order chi connectivity index (χ1) is 10.7. The monoisotopic (exact) mass is 315 g/mol. The first kappa shape index (κ1) is 16.6. The third-order valence-corrected chi connectivity index (χ3v) is 4.31. The van der Waals surface area contributed by atoms with Crippen LogP contribution in [0, 0.1) is 0 Å². The number of nitrogens with one attached hydrogen (secondary N) is 1. The molecule has 22 heavy (non-hydrogen) atoms. The summed E-state index contributed by atoms with van der Waals surface area (Å²) in [5, 5.41) is 2.87. The molecule has 0 radical (unpaired) electrons. The molecular formula is C18H21NO2S. The van der Waals surface area contributed by atoms with Crippen LogP contribution < -0.4 is 5.32 Å². The number of amides is 1. The third kappa shape index (κ3) is 5.20. The molecule has 3 nitrogen and oxygen atoms in total. The molecule has 1 N–H and O–H groups in total. The molecule has 0 saturated heterocycles. The fraction of sp³-hybridized carbons (Fsp3) is 0.278. The van der Waals surface area contributed by atoms with Crippen LogP contribution in [0.15, 0.2) is 59.5 Å². The number of benzene rings is 2. The molecule has 0 aliphatic rings. The van der Waals surface area contributed by atoms with Crippen LogP contribution in [0.2, 0.25) is 0 Å². The van der Waals surface area contributed by atoms with Crippen LogP contribution >= 0.6 is 11.8 Å². The molecule has 1 unspecified atom stereocenters. The second-order valence-electron chi connectivity index (χ2n) is 5.04. The molecule has 2 aromatic carbocycles. The molecule has 0 fully saturated rings. The van der Waals surface area contributed by atoms with Crippen LogP contribution in [0.1, 0.15) is 18.1 Å². The number of carbonyl (C=O) groups is 1. The zero-order valence-corrected chi connectivity index (χ0v) is 13.7. The Balaban J connectivity index is 1.85. The van der Waals surface area contributed by atoms with E-state index < -0.39 is 0 Å². The minimum Gasteiger partial charge on any atom is -0.380 e. The predicted molar refractivity (Wildman–Crippen MR) is 90.8 cm³/mol. The Labute approximate surface area is 136 Å². The highest BCUT2D eigenvalue weighted by Gasteiger charge is 2.13. The van der Waals surface area contributed by atoms with Gasteiger partial charge in [-0.15, -0.1) is 11.8 Å². The molecule has 2 aromatic rings. The minimum absolute atomic E-state index is 0.0472. The highest BCUT2D eigenvalue weighted by atomic mass is 32.2. The zero-order chi connectivity index (χ0) is 15.8. The third-order valence-electron chi connectivity index (χ3n) is 3.19. The number of methoxy groups -OCH3 is 1. The highest BCUT2D eigenvalue weighted by Crippen LogP contribution is 2.22. The van der Waals surface area contributed by atoms with Crippen LogP contribution in [-0.4, -0.2) is 18.3 Å². The fourth-order valence-electron chi connectivity index (χ4n) is 2.09. The van der Waals surface area contributed by atoms with Gasteiger partial charge in [-0.2, -0.15) is 0 Å². The first-order valence-corrected chi connectivity index (χ1v) is 8.13. The normalized spacial score (nSPS) is 11.9. The van der Waals surface area contributed by atoms with Gasteiger partial charge in [0, 0.05) is 18.6 Å². The molecule has 0 aromatic heterocycles. The van der Waals surface area contributed by atoms with Gasteiger partial charge in [-0.25, -0.2) is 0 Å². The Morgan fingerprint density at radius 2 is 1.86 bits per heavy atom. The molecule has 0 spiro atoms. The second-order valence-corrected chi connectivity index (χ2v) is 6.46. The van der Waals surface area contributed by atoms with Gasteiger partial charge in [0.25, 0.3) is 0 Å². The van der Waals surface area contributed by atoms with E-state index in [1.807, 2.05) is 55.5 Å². The van der Waals surface area contributed by atoms with E-state index in [1.165, 1.54) is 0 Å². The number of hydrogen-bond acceptors (Lipinski definition) is 3. The first-order valence-electron chi connectivity index (χ1n) is 7.25. The summed E-state index contributed by atoms with van der Waals surface area (Å²) < 4.78 is 5.12. The maximum atomic E-state index is 12.2. The molecule has 0 aliphatic heterocycles. The average molecular weight is 315 g/mol. The lowest BCUT2D eigenvalue weighted by Crippen LogP contribution is -2.30. The van der Waals surface area contributed by atoms with Crippen molar-refractivity contribution in [1.82, 2.24) is 5.32 Å². The molecule has 1 amide bonds. The van der Waals surface area contributed by atoms with Crippen molar-refractivity contribution in [2.45, 2.75) is 30.2 Å². The van der Waals surface area contributed by atoms with Gasteiger partial charge in [0.05, 0.1) is 11.9 Å². The highest BCUT2D eigenvalue weighted by molar-refractivity contribution is 8.00. The summed E-state index contributed by atoms with van der Waals surface area (Å²) in [6, 6.07) is 18.0. The molecule has 0 heterocycles. The maximum Gasteiger partial charge on any atom is 0.233 e. The van der Waals surface area contributed by atoms with Crippen LogP contribution in [0.25, 0.3) is 0 Å². The lowest BCUT2D eigenvalue weighted by molar-refractivity contribution is -0.120. The number of hydrogen-bond donors (Lipinski definition) is 1. The van der Waals surface area contributed by atoms with Gasteiger partial charge in [0.15, 0.2) is 0 Å². The van der Waals surface area contributed by atoms with Gasteiger partial charge in [-0.05, 0) is 30.2 Å². The Bertz CT molecular complexity index is 601. The number of thioether (sulfide) groups is 1. The molecule has 1 atom stereocenters. The Kier molecular flexibility index (Phi) is 6.49. The number of rotatable bonds is 7. The molecule has 116 valence electrons. The van der Waals surface area contributed by atoms with Gasteiger partial charge in [0.1, 0.15) is 0 Å². The van der Waals surface area contributed by atoms with Crippen LogP contribution in [0.3, 0.4) is 0 Å². The van der Waals surface area contributed by atoms with E-state index in [0.29, 0.717) is 13.2 Å². The van der Waals surface area contributed by atoms with E-state index in [1.54, 1.807) is 18.9 Å². The topological polar surface area (TPSA) is 38.3 Å². The molecule has 0 aliphatic carbocycles. The van der Waals surface area contributed by atoms with Crippen molar-refractivity contribution in [3.63, 3.8) is 0 Å². The van der Waals surface area contributed by atoms with E-state index in [-0.39, 0.29) is 11.2 Å². The Morgan fingerprint density at radius 1 is 1.14 bits per heavy atom. The molecule has 2 rings (SSSR count). The van der Waals surface area contributed by atoms with E-state index in [9.17, 15) is 4.79 Å². The van der Waals surface area contributed by atoms with E-state index in [2.05, 4.69) is 11.4 Å². The Hall–Kier alpha value is -1.78. The Morgan fingerprint density at radius 3 is 2.59 bits per heavy atom. The molecular weight excluding hydrogens is 294 g/mol. The summed E-state index contributed by atoms with van der Waals surface area (Å²) >= 11 is 1.57. The van der Waals surface area contributed by atoms with E-state index in [4.69, 9.17) is 4.74 Å².